The number of aromatic nitrogens is 1. The van der Waals surface area contributed by atoms with Gasteiger partial charge in [0.05, 0.1) is 10.7 Å². The Kier molecular flexibility index (Phi) is 2.51. The minimum atomic E-state index is 0.703. The molecule has 0 aliphatic carbocycles. The van der Waals surface area contributed by atoms with Gasteiger partial charge in [0.15, 0.2) is 0 Å². The average molecular weight is 204 g/mol. The van der Waals surface area contributed by atoms with Crippen molar-refractivity contribution in [1.82, 2.24) is 4.98 Å². The van der Waals surface area contributed by atoms with Crippen molar-refractivity contribution >= 4 is 28.4 Å². The third kappa shape index (κ3) is 1.51. The summed E-state index contributed by atoms with van der Waals surface area (Å²) in [5.41, 5.74) is 0.965. The van der Waals surface area contributed by atoms with Gasteiger partial charge in [0, 0.05) is 17.0 Å². The van der Waals surface area contributed by atoms with Crippen LogP contribution in [0.3, 0.4) is 0 Å². The first-order valence-corrected chi connectivity index (χ1v) is 4.86. The van der Waals surface area contributed by atoms with Gasteiger partial charge in [-0.05, 0) is 13.0 Å². The normalized spacial score (nSPS) is 11.3. The number of fused-ring (bicyclic) bond motifs is 1. The van der Waals surface area contributed by atoms with Gasteiger partial charge >= 0.3 is 0 Å². The highest BCUT2D eigenvalue weighted by Gasteiger charge is 2.02. The third-order valence-electron chi connectivity index (χ3n) is 2.10. The van der Waals surface area contributed by atoms with Gasteiger partial charge in [-0.15, -0.1) is 0 Å². The van der Waals surface area contributed by atoms with E-state index in [2.05, 4.69) is 4.98 Å². The zero-order valence-corrected chi connectivity index (χ0v) is 8.62. The molecule has 0 radical (unpaired) electrons. The van der Waals surface area contributed by atoms with E-state index in [0.29, 0.717) is 5.02 Å². The van der Waals surface area contributed by atoms with E-state index in [-0.39, 0.29) is 0 Å². The SMILES string of the molecule is C/C=C/c1ncc(Cl)c2ccccc12. The molecule has 0 spiro atoms. The predicted molar refractivity (Wildman–Crippen MR) is 61.5 cm³/mol. The maximum Gasteiger partial charge on any atom is 0.0705 e. The van der Waals surface area contributed by atoms with E-state index in [4.69, 9.17) is 11.6 Å². The molecule has 1 aromatic heterocycles. The molecule has 0 saturated heterocycles. The van der Waals surface area contributed by atoms with Crippen LogP contribution in [-0.2, 0) is 0 Å². The Morgan fingerprint density at radius 1 is 1.21 bits per heavy atom. The number of hydrogen-bond acceptors (Lipinski definition) is 1. The summed E-state index contributed by atoms with van der Waals surface area (Å²) < 4.78 is 0. The lowest BCUT2D eigenvalue weighted by atomic mass is 10.1. The quantitative estimate of drug-likeness (QED) is 0.685. The standard InChI is InChI=1S/C12H10ClN/c1-2-5-12-10-7-4-3-6-9(10)11(13)8-14-12/h2-8H,1H3/b5-2+. The maximum atomic E-state index is 6.04. The molecule has 2 heteroatoms. The highest BCUT2D eigenvalue weighted by atomic mass is 35.5. The lowest BCUT2D eigenvalue weighted by molar-refractivity contribution is 1.33. The monoisotopic (exact) mass is 203 g/mol. The van der Waals surface area contributed by atoms with E-state index in [1.807, 2.05) is 43.3 Å². The fraction of sp³-hybridized carbons (Fsp3) is 0.0833. The summed E-state index contributed by atoms with van der Waals surface area (Å²) in [6, 6.07) is 8.01. The molecule has 1 aromatic carbocycles. The number of pyridine rings is 1. The summed E-state index contributed by atoms with van der Waals surface area (Å²) in [6.07, 6.45) is 5.65. The van der Waals surface area contributed by atoms with E-state index in [1.54, 1.807) is 6.20 Å². The molecule has 14 heavy (non-hydrogen) atoms. The molecule has 0 fully saturated rings. The molecule has 2 rings (SSSR count). The Bertz CT molecular complexity index is 489. The van der Waals surface area contributed by atoms with Gasteiger partial charge in [0.25, 0.3) is 0 Å². The van der Waals surface area contributed by atoms with Crippen LogP contribution in [-0.4, -0.2) is 4.98 Å². The molecule has 0 atom stereocenters. The van der Waals surface area contributed by atoms with Crippen LogP contribution < -0.4 is 0 Å². The Morgan fingerprint density at radius 2 is 1.93 bits per heavy atom. The Balaban J connectivity index is 2.81. The zero-order valence-electron chi connectivity index (χ0n) is 7.87. The molecule has 0 aliphatic heterocycles. The van der Waals surface area contributed by atoms with Gasteiger partial charge in [-0.1, -0.05) is 41.9 Å². The summed E-state index contributed by atoms with van der Waals surface area (Å²) in [5, 5.41) is 2.85. The molecule has 0 aliphatic rings. The van der Waals surface area contributed by atoms with Gasteiger partial charge in [-0.3, -0.25) is 4.98 Å². The lowest BCUT2D eigenvalue weighted by Gasteiger charge is -2.02. The molecule has 70 valence electrons. The van der Waals surface area contributed by atoms with E-state index < -0.39 is 0 Å². The fourth-order valence-corrected chi connectivity index (χ4v) is 1.68. The van der Waals surface area contributed by atoms with Crippen LogP contribution in [0.2, 0.25) is 5.02 Å². The van der Waals surface area contributed by atoms with Gasteiger partial charge in [-0.25, -0.2) is 0 Å². The number of benzene rings is 1. The Hall–Kier alpha value is -1.34. The first-order valence-electron chi connectivity index (χ1n) is 4.49. The molecule has 0 amide bonds. The van der Waals surface area contributed by atoms with Crippen LogP contribution in [0.1, 0.15) is 12.6 Å². The summed E-state index contributed by atoms with van der Waals surface area (Å²) in [7, 11) is 0. The maximum absolute atomic E-state index is 6.04. The molecule has 1 heterocycles. The second-order valence-electron chi connectivity index (χ2n) is 3.04. The Morgan fingerprint density at radius 3 is 2.64 bits per heavy atom. The van der Waals surface area contributed by atoms with Crippen molar-refractivity contribution in [3.05, 3.63) is 47.3 Å². The van der Waals surface area contributed by atoms with Crippen molar-refractivity contribution in [3.63, 3.8) is 0 Å². The molecule has 0 saturated carbocycles. The van der Waals surface area contributed by atoms with Crippen molar-refractivity contribution in [3.8, 4) is 0 Å². The number of hydrogen-bond donors (Lipinski definition) is 0. The third-order valence-corrected chi connectivity index (χ3v) is 2.40. The van der Waals surface area contributed by atoms with Crippen molar-refractivity contribution in [2.45, 2.75) is 6.92 Å². The van der Waals surface area contributed by atoms with Gasteiger partial charge < -0.3 is 0 Å². The van der Waals surface area contributed by atoms with Crippen LogP contribution in [0.4, 0.5) is 0 Å². The van der Waals surface area contributed by atoms with Gasteiger partial charge in [0.2, 0.25) is 0 Å². The minimum Gasteiger partial charge on any atom is -0.255 e. The van der Waals surface area contributed by atoms with Crippen LogP contribution in [0.25, 0.3) is 16.8 Å². The van der Waals surface area contributed by atoms with E-state index in [0.717, 1.165) is 16.5 Å². The summed E-state index contributed by atoms with van der Waals surface area (Å²) in [6.45, 7) is 1.98. The molecule has 0 unspecified atom stereocenters. The second-order valence-corrected chi connectivity index (χ2v) is 3.44. The highest BCUT2D eigenvalue weighted by molar-refractivity contribution is 6.35. The van der Waals surface area contributed by atoms with Gasteiger partial charge in [0.1, 0.15) is 0 Å². The van der Waals surface area contributed by atoms with Crippen molar-refractivity contribution < 1.29 is 0 Å². The van der Waals surface area contributed by atoms with Crippen LogP contribution in [0, 0.1) is 0 Å². The van der Waals surface area contributed by atoms with Crippen molar-refractivity contribution in [2.75, 3.05) is 0 Å². The van der Waals surface area contributed by atoms with E-state index >= 15 is 0 Å². The summed E-state index contributed by atoms with van der Waals surface area (Å²) >= 11 is 6.04. The summed E-state index contributed by atoms with van der Waals surface area (Å²) in [4.78, 5) is 4.28. The van der Waals surface area contributed by atoms with Crippen molar-refractivity contribution in [2.24, 2.45) is 0 Å². The van der Waals surface area contributed by atoms with Crippen LogP contribution in [0.5, 0.6) is 0 Å². The molecule has 0 N–H and O–H groups in total. The van der Waals surface area contributed by atoms with Crippen molar-refractivity contribution in [1.29, 1.82) is 0 Å². The largest absolute Gasteiger partial charge is 0.255 e. The second kappa shape index (κ2) is 3.81. The number of rotatable bonds is 1. The van der Waals surface area contributed by atoms with Crippen LogP contribution in [0.15, 0.2) is 36.5 Å². The smallest absolute Gasteiger partial charge is 0.0705 e. The molecule has 2 aromatic rings. The Labute approximate surface area is 88.0 Å². The minimum absolute atomic E-state index is 0.703. The number of allylic oxidation sites excluding steroid dienone is 1. The average Bonchev–Trinajstić information content (AvgIpc) is 2.23. The zero-order chi connectivity index (χ0) is 9.97. The molecular weight excluding hydrogens is 194 g/mol. The predicted octanol–water partition coefficient (Wildman–Crippen LogP) is 3.92. The van der Waals surface area contributed by atoms with Crippen LogP contribution >= 0.6 is 11.6 Å². The topological polar surface area (TPSA) is 12.9 Å². The molecule has 1 nitrogen and oxygen atoms in total. The fourth-order valence-electron chi connectivity index (χ4n) is 1.47. The lowest BCUT2D eigenvalue weighted by Crippen LogP contribution is -1.84. The van der Waals surface area contributed by atoms with E-state index in [1.165, 1.54) is 0 Å². The van der Waals surface area contributed by atoms with E-state index in [9.17, 15) is 0 Å². The number of nitrogens with zero attached hydrogens (tertiary/aromatic N) is 1. The summed E-state index contributed by atoms with van der Waals surface area (Å²) in [5.74, 6) is 0. The highest BCUT2D eigenvalue weighted by Crippen LogP contribution is 2.24. The number of halogens is 1. The first kappa shape index (κ1) is 9.22. The molecule has 0 bridgehead atoms. The molecular formula is C12H10ClN. The first-order chi connectivity index (χ1) is 6.83. The van der Waals surface area contributed by atoms with Gasteiger partial charge in [-0.2, -0.15) is 0 Å².